The summed E-state index contributed by atoms with van der Waals surface area (Å²) >= 11 is 3.36. The van der Waals surface area contributed by atoms with E-state index in [1.807, 2.05) is 36.1 Å². The number of urea groups is 1. The van der Waals surface area contributed by atoms with Gasteiger partial charge >= 0.3 is 6.03 Å². The van der Waals surface area contributed by atoms with Gasteiger partial charge in [0.05, 0.1) is 17.6 Å². The fourth-order valence-corrected chi connectivity index (χ4v) is 4.43. The van der Waals surface area contributed by atoms with E-state index in [2.05, 4.69) is 31.5 Å². The second-order valence-corrected chi connectivity index (χ2v) is 8.85. The highest BCUT2D eigenvalue weighted by Crippen LogP contribution is 2.31. The van der Waals surface area contributed by atoms with Gasteiger partial charge in [-0.3, -0.25) is 19.9 Å². The number of carbonyl (C=O) groups excluding carboxylic acids is 3. The van der Waals surface area contributed by atoms with Crippen LogP contribution >= 0.6 is 15.9 Å². The number of aromatic nitrogens is 1. The first-order valence-corrected chi connectivity index (χ1v) is 11.8. The minimum absolute atomic E-state index is 0.130. The molecule has 0 aromatic carbocycles. The Morgan fingerprint density at radius 1 is 1.29 bits per heavy atom. The zero-order valence-electron chi connectivity index (χ0n) is 18.9. The van der Waals surface area contributed by atoms with Crippen LogP contribution in [0, 0.1) is 0 Å². The second-order valence-electron chi connectivity index (χ2n) is 8.00. The topological polar surface area (TPSA) is 114 Å². The van der Waals surface area contributed by atoms with Crippen LogP contribution in [0.2, 0.25) is 0 Å². The molecule has 1 aliphatic carbocycles. The van der Waals surface area contributed by atoms with Crippen molar-refractivity contribution in [2.24, 2.45) is 0 Å². The highest BCUT2D eigenvalue weighted by Gasteiger charge is 2.28. The van der Waals surface area contributed by atoms with Crippen LogP contribution in [0.3, 0.4) is 0 Å². The molecule has 2 N–H and O–H groups in total. The summed E-state index contributed by atoms with van der Waals surface area (Å²) in [5.74, 6) is 1.23. The molecule has 10 heteroatoms. The Bertz CT molecular complexity index is 1230. The van der Waals surface area contributed by atoms with E-state index in [0.29, 0.717) is 17.8 Å². The number of ether oxygens (including phenoxy) is 1. The summed E-state index contributed by atoms with van der Waals surface area (Å²) in [5, 5.41) is 5.79. The van der Waals surface area contributed by atoms with Crippen molar-refractivity contribution in [1.82, 2.24) is 20.5 Å². The molecule has 2 aliphatic heterocycles. The van der Waals surface area contributed by atoms with Crippen LogP contribution in [0.25, 0.3) is 11.0 Å². The molecule has 2 aromatic rings. The van der Waals surface area contributed by atoms with Crippen molar-refractivity contribution in [2.45, 2.75) is 32.2 Å². The van der Waals surface area contributed by atoms with Gasteiger partial charge in [-0.2, -0.15) is 0 Å². The minimum Gasteiger partial charge on any atom is -0.497 e. The lowest BCUT2D eigenvalue weighted by atomic mass is 10.1. The molecule has 1 fully saturated rings. The fourth-order valence-electron chi connectivity index (χ4n) is 4.00. The van der Waals surface area contributed by atoms with E-state index in [9.17, 15) is 14.4 Å². The molecule has 1 unspecified atom stereocenters. The number of amides is 4. The van der Waals surface area contributed by atoms with Gasteiger partial charge in [0.15, 0.2) is 5.58 Å². The largest absolute Gasteiger partial charge is 0.497 e. The molecule has 3 aliphatic rings. The Labute approximate surface area is 205 Å². The Hall–Kier alpha value is -3.40. The minimum atomic E-state index is -0.495. The SMILES string of the molecule is CCN1CC2=C(C=C(OC)C=CC2)C1=O.O=C1CCC(c2cc3cncc(Br)c3o2)NC(=O)N1. The number of methoxy groups -OCH3 is 1. The molecule has 178 valence electrons. The van der Waals surface area contributed by atoms with Gasteiger partial charge in [-0.1, -0.05) is 6.08 Å². The quantitative estimate of drug-likeness (QED) is 0.624. The molecule has 0 bridgehead atoms. The standard InChI is InChI=1S/C12H10BrN3O3.C12H15NO2/c13-7-5-14-4-6-3-9(19-11(6)7)8-1-2-10(17)16-12(18)15-8;1-3-13-8-9-5-4-6-10(15-2)7-11(9)12(13)14/h3-5,8H,1-2H2,(H2,15,16,17,18);4,6-7H,3,5,8H2,1-2H3. The van der Waals surface area contributed by atoms with E-state index >= 15 is 0 Å². The molecule has 4 heterocycles. The third-order valence-electron chi connectivity index (χ3n) is 5.79. The molecular formula is C24H25BrN4O5. The van der Waals surface area contributed by atoms with Gasteiger partial charge in [0, 0.05) is 42.9 Å². The lowest BCUT2D eigenvalue weighted by molar-refractivity contribution is -0.125. The maximum absolute atomic E-state index is 11.9. The average Bonchev–Trinajstić information content (AvgIpc) is 3.24. The molecule has 0 spiro atoms. The van der Waals surface area contributed by atoms with Crippen LogP contribution in [0.1, 0.15) is 38.0 Å². The first kappa shape index (κ1) is 23.7. The third kappa shape index (κ3) is 5.06. The predicted octanol–water partition coefficient (Wildman–Crippen LogP) is 3.89. The van der Waals surface area contributed by atoms with Crippen LogP contribution in [0.15, 0.2) is 62.5 Å². The summed E-state index contributed by atoms with van der Waals surface area (Å²) in [6, 6.07) is 1.02. The van der Waals surface area contributed by atoms with Gasteiger partial charge in [0.2, 0.25) is 5.91 Å². The fraction of sp³-hybridized carbons (Fsp3) is 0.333. The molecule has 4 amide bonds. The maximum atomic E-state index is 11.9. The third-order valence-corrected chi connectivity index (χ3v) is 6.36. The van der Waals surface area contributed by atoms with Crippen LogP contribution in [0.5, 0.6) is 0 Å². The number of allylic oxidation sites excluding steroid dienone is 2. The van der Waals surface area contributed by atoms with Crippen molar-refractivity contribution < 1.29 is 23.5 Å². The lowest BCUT2D eigenvalue weighted by Gasteiger charge is -2.13. The van der Waals surface area contributed by atoms with Crippen LogP contribution in [-0.2, 0) is 14.3 Å². The van der Waals surface area contributed by atoms with Crippen LogP contribution in [-0.4, -0.2) is 47.9 Å². The molecule has 5 rings (SSSR count). The van der Waals surface area contributed by atoms with Crippen molar-refractivity contribution >= 4 is 44.7 Å². The Balaban J connectivity index is 0.000000166. The summed E-state index contributed by atoms with van der Waals surface area (Å²) in [6.07, 6.45) is 10.8. The zero-order valence-corrected chi connectivity index (χ0v) is 20.5. The van der Waals surface area contributed by atoms with Crippen molar-refractivity contribution in [3.63, 3.8) is 0 Å². The van der Waals surface area contributed by atoms with E-state index < -0.39 is 6.03 Å². The van der Waals surface area contributed by atoms with Gasteiger partial charge in [0.1, 0.15) is 11.5 Å². The number of nitrogens with one attached hydrogen (secondary N) is 2. The molecule has 1 saturated heterocycles. The van der Waals surface area contributed by atoms with Gasteiger partial charge in [-0.05, 0) is 59.5 Å². The Morgan fingerprint density at radius 3 is 2.85 bits per heavy atom. The number of nitrogens with zero attached hydrogens (tertiary/aromatic N) is 2. The predicted molar refractivity (Wildman–Crippen MR) is 128 cm³/mol. The smallest absolute Gasteiger partial charge is 0.322 e. The zero-order chi connectivity index (χ0) is 24.2. The van der Waals surface area contributed by atoms with Gasteiger partial charge in [-0.25, -0.2) is 4.79 Å². The van der Waals surface area contributed by atoms with Crippen LogP contribution in [0.4, 0.5) is 4.79 Å². The van der Waals surface area contributed by atoms with Gasteiger partial charge in [-0.15, -0.1) is 0 Å². The van der Waals surface area contributed by atoms with E-state index in [0.717, 1.165) is 40.7 Å². The number of imide groups is 1. The molecular weight excluding hydrogens is 504 g/mol. The van der Waals surface area contributed by atoms with E-state index in [1.165, 1.54) is 5.57 Å². The van der Waals surface area contributed by atoms with Crippen molar-refractivity contribution in [1.29, 1.82) is 0 Å². The molecule has 1 atom stereocenters. The van der Waals surface area contributed by atoms with E-state index in [1.54, 1.807) is 19.5 Å². The highest BCUT2D eigenvalue weighted by atomic mass is 79.9. The average molecular weight is 529 g/mol. The first-order chi connectivity index (χ1) is 16.4. The lowest BCUT2D eigenvalue weighted by Crippen LogP contribution is -2.37. The molecule has 9 nitrogen and oxygen atoms in total. The van der Waals surface area contributed by atoms with E-state index in [-0.39, 0.29) is 24.3 Å². The highest BCUT2D eigenvalue weighted by molar-refractivity contribution is 9.10. The second kappa shape index (κ2) is 10.3. The summed E-state index contributed by atoms with van der Waals surface area (Å²) < 4.78 is 11.7. The number of hydrogen-bond acceptors (Lipinski definition) is 6. The monoisotopic (exact) mass is 528 g/mol. The number of halogens is 1. The Kier molecular flexibility index (Phi) is 7.16. The number of rotatable bonds is 3. The summed E-state index contributed by atoms with van der Waals surface area (Å²) in [6.45, 7) is 3.54. The number of pyridine rings is 1. The summed E-state index contributed by atoms with van der Waals surface area (Å²) in [7, 11) is 1.62. The van der Waals surface area contributed by atoms with Crippen molar-refractivity contribution in [3.05, 3.63) is 63.8 Å². The Morgan fingerprint density at radius 2 is 2.12 bits per heavy atom. The number of carbonyl (C=O) groups is 3. The first-order valence-electron chi connectivity index (χ1n) is 11.0. The summed E-state index contributed by atoms with van der Waals surface area (Å²) in [5.41, 5.74) is 2.70. The molecule has 34 heavy (non-hydrogen) atoms. The van der Waals surface area contributed by atoms with Crippen LogP contribution < -0.4 is 10.6 Å². The molecule has 0 radical (unpaired) electrons. The number of hydrogen-bond donors (Lipinski definition) is 2. The number of fused-ring (bicyclic) bond motifs is 1. The number of furan rings is 1. The van der Waals surface area contributed by atoms with Gasteiger partial charge in [0.25, 0.3) is 5.91 Å². The van der Waals surface area contributed by atoms with Crippen molar-refractivity contribution in [3.8, 4) is 0 Å². The number of likely N-dealkylation sites (N-methyl/N-ethyl adjacent to an activating group) is 1. The summed E-state index contributed by atoms with van der Waals surface area (Å²) in [4.78, 5) is 40.6. The van der Waals surface area contributed by atoms with Gasteiger partial charge < -0.3 is 19.4 Å². The molecule has 2 aromatic heterocycles. The molecule has 0 saturated carbocycles. The van der Waals surface area contributed by atoms with Crippen molar-refractivity contribution in [2.75, 3.05) is 20.2 Å². The van der Waals surface area contributed by atoms with E-state index in [4.69, 9.17) is 9.15 Å². The normalized spacial score (nSPS) is 20.1. The maximum Gasteiger partial charge on any atom is 0.322 e.